The Hall–Kier alpha value is -1.81. The molecule has 1 aromatic carbocycles. The van der Waals surface area contributed by atoms with Crippen LogP contribution in [0.25, 0.3) is 11.0 Å². The van der Waals surface area contributed by atoms with Crippen molar-refractivity contribution in [2.24, 2.45) is 17.8 Å². The number of nitrogens with one attached hydrogen (secondary N) is 1. The van der Waals surface area contributed by atoms with Crippen molar-refractivity contribution < 1.29 is 14.3 Å². The Labute approximate surface area is 136 Å². The van der Waals surface area contributed by atoms with Gasteiger partial charge >= 0.3 is 5.97 Å². The summed E-state index contributed by atoms with van der Waals surface area (Å²) < 4.78 is 5.93. The molecule has 0 saturated carbocycles. The molecule has 0 amide bonds. The molecule has 2 heterocycles. The SMILES string of the molecule is CC(C)Cc1cc2c(CC(C(=O)O)C3CCNC3)cccc2o1. The molecule has 1 fully saturated rings. The summed E-state index contributed by atoms with van der Waals surface area (Å²) in [6, 6.07) is 8.06. The summed E-state index contributed by atoms with van der Waals surface area (Å²) in [7, 11) is 0. The Morgan fingerprint density at radius 1 is 1.39 bits per heavy atom. The van der Waals surface area contributed by atoms with Crippen LogP contribution in [0.15, 0.2) is 28.7 Å². The monoisotopic (exact) mass is 315 g/mol. The molecule has 4 heteroatoms. The molecule has 1 aliphatic rings. The lowest BCUT2D eigenvalue weighted by Crippen LogP contribution is -2.27. The maximum absolute atomic E-state index is 11.7. The molecule has 23 heavy (non-hydrogen) atoms. The van der Waals surface area contributed by atoms with E-state index in [1.165, 1.54) is 0 Å². The van der Waals surface area contributed by atoms with Crippen LogP contribution >= 0.6 is 0 Å². The summed E-state index contributed by atoms with van der Waals surface area (Å²) in [5.41, 5.74) is 1.95. The molecule has 0 aliphatic carbocycles. The average molecular weight is 315 g/mol. The van der Waals surface area contributed by atoms with Crippen LogP contribution in [0.4, 0.5) is 0 Å². The number of carboxylic acids is 1. The molecule has 1 saturated heterocycles. The van der Waals surface area contributed by atoms with Crippen molar-refractivity contribution in [2.45, 2.75) is 33.1 Å². The van der Waals surface area contributed by atoms with Gasteiger partial charge in [-0.05, 0) is 55.5 Å². The highest BCUT2D eigenvalue weighted by molar-refractivity contribution is 5.82. The summed E-state index contributed by atoms with van der Waals surface area (Å²) in [6.07, 6.45) is 2.42. The van der Waals surface area contributed by atoms with Crippen LogP contribution < -0.4 is 5.32 Å². The average Bonchev–Trinajstić information content (AvgIpc) is 3.12. The van der Waals surface area contributed by atoms with E-state index in [0.29, 0.717) is 12.3 Å². The molecule has 3 rings (SSSR count). The van der Waals surface area contributed by atoms with Crippen molar-refractivity contribution in [3.05, 3.63) is 35.6 Å². The van der Waals surface area contributed by atoms with E-state index in [-0.39, 0.29) is 11.8 Å². The van der Waals surface area contributed by atoms with Crippen LogP contribution in [0.5, 0.6) is 0 Å². The zero-order chi connectivity index (χ0) is 16.4. The second-order valence-electron chi connectivity index (χ2n) is 7.04. The maximum atomic E-state index is 11.7. The summed E-state index contributed by atoms with van der Waals surface area (Å²) in [6.45, 7) is 6.06. The first kappa shape index (κ1) is 16.1. The molecule has 2 unspecified atom stereocenters. The van der Waals surface area contributed by atoms with Gasteiger partial charge in [0.1, 0.15) is 11.3 Å². The molecule has 4 nitrogen and oxygen atoms in total. The van der Waals surface area contributed by atoms with Gasteiger partial charge in [0.2, 0.25) is 0 Å². The van der Waals surface area contributed by atoms with Gasteiger partial charge in [0.05, 0.1) is 5.92 Å². The normalized spacial score (nSPS) is 19.5. The van der Waals surface area contributed by atoms with E-state index < -0.39 is 5.97 Å². The first-order valence-electron chi connectivity index (χ1n) is 8.48. The third-order valence-electron chi connectivity index (χ3n) is 4.74. The van der Waals surface area contributed by atoms with E-state index in [2.05, 4.69) is 25.2 Å². The van der Waals surface area contributed by atoms with Gasteiger partial charge in [0, 0.05) is 11.8 Å². The molecule has 1 aromatic heterocycles. The Morgan fingerprint density at radius 3 is 2.87 bits per heavy atom. The number of carbonyl (C=O) groups is 1. The van der Waals surface area contributed by atoms with Crippen molar-refractivity contribution in [3.63, 3.8) is 0 Å². The molecular weight excluding hydrogens is 290 g/mol. The highest BCUT2D eigenvalue weighted by atomic mass is 16.4. The molecule has 0 bridgehead atoms. The molecule has 2 N–H and O–H groups in total. The zero-order valence-corrected chi connectivity index (χ0v) is 13.8. The number of rotatable bonds is 6. The number of furan rings is 1. The van der Waals surface area contributed by atoms with Gasteiger partial charge in [0.15, 0.2) is 0 Å². The second kappa shape index (κ2) is 6.75. The minimum Gasteiger partial charge on any atom is -0.481 e. The van der Waals surface area contributed by atoms with Gasteiger partial charge in [-0.25, -0.2) is 0 Å². The van der Waals surface area contributed by atoms with E-state index in [1.807, 2.05) is 18.2 Å². The lowest BCUT2D eigenvalue weighted by atomic mass is 9.85. The predicted molar refractivity (Wildman–Crippen MR) is 90.6 cm³/mol. The molecular formula is C19H25NO3. The molecule has 1 aliphatic heterocycles. The van der Waals surface area contributed by atoms with Crippen LogP contribution in [0.2, 0.25) is 0 Å². The van der Waals surface area contributed by atoms with Gasteiger partial charge in [-0.15, -0.1) is 0 Å². The Balaban J connectivity index is 1.88. The fourth-order valence-electron chi connectivity index (χ4n) is 3.57. The van der Waals surface area contributed by atoms with Crippen LogP contribution in [0.1, 0.15) is 31.6 Å². The summed E-state index contributed by atoms with van der Waals surface area (Å²) in [5, 5.41) is 14.0. The fourth-order valence-corrected chi connectivity index (χ4v) is 3.57. The Morgan fingerprint density at radius 2 is 2.22 bits per heavy atom. The standard InChI is InChI=1S/C19H25NO3/c1-12(2)8-15-10-16-13(4-3-5-18(16)23-15)9-17(19(21)22)14-6-7-20-11-14/h3-5,10,12,14,17,20H,6-9,11H2,1-2H3,(H,21,22). The van der Waals surface area contributed by atoms with E-state index in [0.717, 1.165) is 48.2 Å². The minimum atomic E-state index is -0.693. The quantitative estimate of drug-likeness (QED) is 0.856. The third-order valence-corrected chi connectivity index (χ3v) is 4.74. The van der Waals surface area contributed by atoms with E-state index in [1.54, 1.807) is 0 Å². The van der Waals surface area contributed by atoms with E-state index in [9.17, 15) is 9.90 Å². The number of carboxylic acid groups (broad SMARTS) is 1. The van der Waals surface area contributed by atoms with Crippen molar-refractivity contribution in [2.75, 3.05) is 13.1 Å². The van der Waals surface area contributed by atoms with E-state index in [4.69, 9.17) is 4.42 Å². The lowest BCUT2D eigenvalue weighted by molar-refractivity contribution is -0.143. The lowest BCUT2D eigenvalue weighted by Gasteiger charge is -2.18. The van der Waals surface area contributed by atoms with Gasteiger partial charge in [-0.1, -0.05) is 26.0 Å². The van der Waals surface area contributed by atoms with Gasteiger partial charge < -0.3 is 14.8 Å². The van der Waals surface area contributed by atoms with Crippen molar-refractivity contribution in [1.29, 1.82) is 0 Å². The summed E-state index contributed by atoms with van der Waals surface area (Å²) in [5.74, 6) is 0.706. The highest BCUT2D eigenvalue weighted by Gasteiger charge is 2.31. The van der Waals surface area contributed by atoms with Crippen LogP contribution in [-0.4, -0.2) is 24.2 Å². The first-order valence-corrected chi connectivity index (χ1v) is 8.48. The largest absolute Gasteiger partial charge is 0.481 e. The number of hydrogen-bond acceptors (Lipinski definition) is 3. The number of benzene rings is 1. The third kappa shape index (κ3) is 3.58. The van der Waals surface area contributed by atoms with Crippen molar-refractivity contribution >= 4 is 16.9 Å². The van der Waals surface area contributed by atoms with E-state index >= 15 is 0 Å². The smallest absolute Gasteiger partial charge is 0.307 e. The summed E-state index contributed by atoms with van der Waals surface area (Å²) in [4.78, 5) is 11.7. The van der Waals surface area contributed by atoms with Gasteiger partial charge in [0.25, 0.3) is 0 Å². The molecule has 2 atom stereocenters. The molecule has 0 spiro atoms. The van der Waals surface area contributed by atoms with Gasteiger partial charge in [-0.3, -0.25) is 4.79 Å². The number of aliphatic carboxylic acids is 1. The molecule has 0 radical (unpaired) electrons. The highest BCUT2D eigenvalue weighted by Crippen LogP contribution is 2.29. The fraction of sp³-hybridized carbons (Fsp3) is 0.526. The van der Waals surface area contributed by atoms with Crippen molar-refractivity contribution in [3.8, 4) is 0 Å². The topological polar surface area (TPSA) is 62.5 Å². The minimum absolute atomic E-state index is 0.213. The van der Waals surface area contributed by atoms with Crippen LogP contribution in [0, 0.1) is 17.8 Å². The predicted octanol–water partition coefficient (Wildman–Crippen LogP) is 3.48. The molecule has 2 aromatic rings. The zero-order valence-electron chi connectivity index (χ0n) is 13.8. The Bertz CT molecular complexity index is 683. The maximum Gasteiger partial charge on any atom is 0.307 e. The second-order valence-corrected chi connectivity index (χ2v) is 7.04. The summed E-state index contributed by atoms with van der Waals surface area (Å²) >= 11 is 0. The number of hydrogen-bond donors (Lipinski definition) is 2. The van der Waals surface area contributed by atoms with Crippen LogP contribution in [-0.2, 0) is 17.6 Å². The van der Waals surface area contributed by atoms with Gasteiger partial charge in [-0.2, -0.15) is 0 Å². The number of fused-ring (bicyclic) bond motifs is 1. The molecule has 124 valence electrons. The van der Waals surface area contributed by atoms with Crippen molar-refractivity contribution in [1.82, 2.24) is 5.32 Å². The van der Waals surface area contributed by atoms with Crippen LogP contribution in [0.3, 0.4) is 0 Å². The first-order chi connectivity index (χ1) is 11.0. The Kier molecular flexibility index (Phi) is 4.71.